The van der Waals surface area contributed by atoms with Crippen molar-refractivity contribution in [2.75, 3.05) is 6.54 Å². The first kappa shape index (κ1) is 20.8. The Kier molecular flexibility index (Phi) is 7.09. The molecule has 0 fully saturated rings. The Morgan fingerprint density at radius 3 is 1.35 bits per heavy atom. The van der Waals surface area contributed by atoms with Gasteiger partial charge in [0, 0.05) is 6.54 Å². The number of nitrogens with two attached hydrogens (primary N) is 1. The Balaban J connectivity index is 6.34. The zero-order chi connectivity index (χ0) is 18.4. The third-order valence-electron chi connectivity index (χ3n) is 3.54. The molecule has 0 saturated heterocycles. The average molecular weight is 336 g/mol. The predicted molar refractivity (Wildman–Crippen MR) is 72.8 cm³/mol. The van der Waals surface area contributed by atoms with Crippen LogP contribution in [0.25, 0.3) is 0 Å². The Bertz CT molecular complexity index is 459. The lowest BCUT2D eigenvalue weighted by molar-refractivity contribution is -0.213. The molecule has 0 unspecified atom stereocenters. The van der Waals surface area contributed by atoms with Crippen molar-refractivity contribution in [1.29, 1.82) is 0 Å². The van der Waals surface area contributed by atoms with Crippen molar-refractivity contribution < 1.29 is 44.8 Å². The maximum Gasteiger partial charge on any atom is 0.305 e. The molecule has 0 atom stereocenters. The number of carboxylic acid groups (broad SMARTS) is 4. The molecule has 0 heterocycles. The van der Waals surface area contributed by atoms with Crippen LogP contribution in [0.2, 0.25) is 0 Å². The van der Waals surface area contributed by atoms with Crippen LogP contribution < -0.4 is 5.73 Å². The zero-order valence-electron chi connectivity index (χ0n) is 12.4. The van der Waals surface area contributed by atoms with Gasteiger partial charge >= 0.3 is 23.9 Å². The first-order valence-corrected chi connectivity index (χ1v) is 6.52. The Hall–Kier alpha value is -2.24. The van der Waals surface area contributed by atoms with E-state index >= 15 is 0 Å². The van der Waals surface area contributed by atoms with Crippen LogP contribution in [0.1, 0.15) is 32.6 Å². The van der Waals surface area contributed by atoms with Crippen molar-refractivity contribution >= 4 is 23.9 Å². The van der Waals surface area contributed by atoms with Crippen LogP contribution in [-0.2, 0) is 19.2 Å². The highest BCUT2D eigenvalue weighted by molar-refractivity contribution is 5.78. The molecule has 0 aliphatic carbocycles. The number of aliphatic carboxylic acids is 4. The lowest BCUT2D eigenvalue weighted by Crippen LogP contribution is -2.70. The maximum absolute atomic E-state index is 11.2. The van der Waals surface area contributed by atoms with Crippen LogP contribution in [0, 0.1) is 0 Å². The lowest BCUT2D eigenvalue weighted by atomic mass is 9.68. The summed E-state index contributed by atoms with van der Waals surface area (Å²) in [5, 5.41) is 46.4. The van der Waals surface area contributed by atoms with Gasteiger partial charge in [-0.3, -0.25) is 19.2 Å². The summed E-state index contributed by atoms with van der Waals surface area (Å²) in [4.78, 5) is 44.4. The molecule has 0 bridgehead atoms. The van der Waals surface area contributed by atoms with Crippen LogP contribution >= 0.6 is 0 Å². The summed E-state index contributed by atoms with van der Waals surface area (Å²) in [6.45, 7) is 1.05. The number of hydrogen-bond acceptors (Lipinski definition) is 7. The molecule has 0 aromatic heterocycles. The number of carboxylic acids is 4. The van der Waals surface area contributed by atoms with E-state index < -0.39 is 60.6 Å². The third kappa shape index (κ3) is 5.16. The minimum Gasteiger partial charge on any atom is -0.481 e. The molecule has 11 nitrogen and oxygen atoms in total. The molecule has 0 aliphatic heterocycles. The van der Waals surface area contributed by atoms with Gasteiger partial charge in [0.2, 0.25) is 0 Å². The van der Waals surface area contributed by atoms with Crippen molar-refractivity contribution in [1.82, 2.24) is 5.06 Å². The topological polar surface area (TPSA) is 199 Å². The molecule has 0 amide bonds. The molecular formula is C12H20N2O9. The van der Waals surface area contributed by atoms with E-state index in [0.29, 0.717) is 5.06 Å². The van der Waals surface area contributed by atoms with Gasteiger partial charge in [-0.05, 0) is 0 Å². The van der Waals surface area contributed by atoms with Crippen molar-refractivity contribution in [3.05, 3.63) is 0 Å². The van der Waals surface area contributed by atoms with E-state index in [0.717, 1.165) is 0 Å². The fourth-order valence-corrected chi connectivity index (χ4v) is 2.59. The summed E-state index contributed by atoms with van der Waals surface area (Å²) in [6.07, 6.45) is -4.20. The van der Waals surface area contributed by atoms with Crippen LogP contribution in [0.4, 0.5) is 0 Å². The quantitative estimate of drug-likeness (QED) is 0.254. The van der Waals surface area contributed by atoms with E-state index in [2.05, 4.69) is 0 Å². The lowest BCUT2D eigenvalue weighted by Gasteiger charge is -2.49. The SMILES string of the molecule is CCN(O)C(CC(=O)O)(CC(=O)O)C(N)(CC(=O)O)CC(=O)O. The fraction of sp³-hybridized carbons (Fsp3) is 0.667. The molecule has 0 saturated carbocycles. The van der Waals surface area contributed by atoms with Crippen LogP contribution in [0.3, 0.4) is 0 Å². The van der Waals surface area contributed by atoms with Gasteiger partial charge in [-0.25, -0.2) is 0 Å². The van der Waals surface area contributed by atoms with Crippen molar-refractivity contribution in [3.8, 4) is 0 Å². The molecule has 0 radical (unpaired) electrons. The molecule has 0 aliphatic rings. The highest BCUT2D eigenvalue weighted by Gasteiger charge is 2.57. The highest BCUT2D eigenvalue weighted by atomic mass is 16.5. The second-order valence-electron chi connectivity index (χ2n) is 5.19. The van der Waals surface area contributed by atoms with Gasteiger partial charge in [0.1, 0.15) is 0 Å². The van der Waals surface area contributed by atoms with Gasteiger partial charge < -0.3 is 31.4 Å². The van der Waals surface area contributed by atoms with Gasteiger partial charge in [-0.2, -0.15) is 5.06 Å². The van der Waals surface area contributed by atoms with Crippen LogP contribution in [-0.4, -0.2) is 72.2 Å². The molecule has 0 spiro atoms. The largest absolute Gasteiger partial charge is 0.481 e. The standard InChI is InChI=1S/C12H20N2O9/c1-2-14(23)12(5-9(19)20,6-10(21)22)11(13,3-7(15)16)4-8(17)18/h23H,2-6,13H2,1H3,(H,15,16)(H,17,18)(H,19,20)(H,21,22). The molecule has 132 valence electrons. The minimum atomic E-state index is -2.34. The summed E-state index contributed by atoms with van der Waals surface area (Å²) >= 11 is 0. The van der Waals surface area contributed by atoms with Gasteiger partial charge in [0.25, 0.3) is 0 Å². The smallest absolute Gasteiger partial charge is 0.305 e. The second kappa shape index (κ2) is 7.85. The first-order chi connectivity index (χ1) is 10.4. The molecule has 7 N–H and O–H groups in total. The number of nitrogens with zero attached hydrogens (tertiary/aromatic N) is 1. The van der Waals surface area contributed by atoms with Gasteiger partial charge in [0.15, 0.2) is 0 Å². The Morgan fingerprint density at radius 1 is 0.826 bits per heavy atom. The summed E-state index contributed by atoms with van der Waals surface area (Å²) in [6, 6.07) is 0. The number of carbonyl (C=O) groups is 4. The van der Waals surface area contributed by atoms with E-state index in [-0.39, 0.29) is 6.54 Å². The molecule has 0 aromatic rings. The summed E-state index contributed by atoms with van der Waals surface area (Å²) in [5.41, 5.74) is 1.20. The third-order valence-corrected chi connectivity index (χ3v) is 3.54. The molecule has 11 heteroatoms. The monoisotopic (exact) mass is 336 g/mol. The Morgan fingerprint density at radius 2 is 1.13 bits per heavy atom. The van der Waals surface area contributed by atoms with Crippen LogP contribution in [0.5, 0.6) is 0 Å². The summed E-state index contributed by atoms with van der Waals surface area (Å²) in [7, 11) is 0. The van der Waals surface area contributed by atoms with Crippen molar-refractivity contribution in [2.45, 2.75) is 43.7 Å². The molecule has 23 heavy (non-hydrogen) atoms. The molecule has 0 rings (SSSR count). The number of rotatable bonds is 11. The zero-order valence-corrected chi connectivity index (χ0v) is 12.4. The molecule has 0 aromatic carbocycles. The number of likely N-dealkylation sites (N-methyl/N-ethyl adjacent to an activating group) is 1. The number of hydroxylamine groups is 2. The van der Waals surface area contributed by atoms with Crippen LogP contribution in [0.15, 0.2) is 0 Å². The van der Waals surface area contributed by atoms with Crippen molar-refractivity contribution in [2.24, 2.45) is 5.73 Å². The van der Waals surface area contributed by atoms with E-state index in [9.17, 15) is 24.4 Å². The first-order valence-electron chi connectivity index (χ1n) is 6.52. The maximum atomic E-state index is 11.2. The van der Waals surface area contributed by atoms with Crippen molar-refractivity contribution in [3.63, 3.8) is 0 Å². The summed E-state index contributed by atoms with van der Waals surface area (Å²) < 4.78 is 0. The second-order valence-corrected chi connectivity index (χ2v) is 5.19. The molecular weight excluding hydrogens is 316 g/mol. The summed E-state index contributed by atoms with van der Waals surface area (Å²) in [5.74, 6) is -6.24. The fourth-order valence-electron chi connectivity index (χ4n) is 2.59. The van der Waals surface area contributed by atoms with Gasteiger partial charge in [-0.1, -0.05) is 6.92 Å². The predicted octanol–water partition coefficient (Wildman–Crippen LogP) is -0.967. The van der Waals surface area contributed by atoms with E-state index in [4.69, 9.17) is 26.2 Å². The highest BCUT2D eigenvalue weighted by Crippen LogP contribution is 2.38. The van der Waals surface area contributed by atoms with Gasteiger partial charge in [-0.15, -0.1) is 0 Å². The minimum absolute atomic E-state index is 0.293. The normalized spacial score (nSPS) is 12.2. The average Bonchev–Trinajstić information content (AvgIpc) is 2.33. The van der Waals surface area contributed by atoms with Gasteiger partial charge in [0.05, 0.1) is 36.8 Å². The Labute approximate surface area is 130 Å². The van der Waals surface area contributed by atoms with E-state index in [1.54, 1.807) is 0 Å². The van der Waals surface area contributed by atoms with E-state index in [1.807, 2.05) is 0 Å². The van der Waals surface area contributed by atoms with E-state index in [1.165, 1.54) is 6.92 Å². The number of hydrogen-bond donors (Lipinski definition) is 6.